The Morgan fingerprint density at radius 3 is 2.58 bits per heavy atom. The molecule has 1 saturated heterocycles. The highest BCUT2D eigenvalue weighted by Crippen LogP contribution is 2.17. The largest absolute Gasteiger partial charge is 0.378 e. The number of carbonyl (C=O) groups is 2. The molecule has 24 heavy (non-hydrogen) atoms. The maximum absolute atomic E-state index is 12.1. The van der Waals surface area contributed by atoms with E-state index in [4.69, 9.17) is 4.74 Å². The molecule has 7 heteroatoms. The van der Waals surface area contributed by atoms with E-state index >= 15 is 0 Å². The number of amides is 1. The molecule has 0 aliphatic carbocycles. The van der Waals surface area contributed by atoms with Crippen LogP contribution in [0.3, 0.4) is 0 Å². The zero-order valence-corrected chi connectivity index (χ0v) is 14.3. The van der Waals surface area contributed by atoms with Crippen molar-refractivity contribution in [2.24, 2.45) is 0 Å². The molecule has 2 aromatic heterocycles. The van der Waals surface area contributed by atoms with Gasteiger partial charge in [0, 0.05) is 25.8 Å². The van der Waals surface area contributed by atoms with Crippen LogP contribution in [-0.2, 0) is 11.3 Å². The van der Waals surface area contributed by atoms with Gasteiger partial charge in [-0.1, -0.05) is 6.07 Å². The monoisotopic (exact) mass is 345 g/mol. The number of ether oxygens (including phenoxy) is 1. The molecule has 6 nitrogen and oxygen atoms in total. The minimum atomic E-state index is -0.176. The second kappa shape index (κ2) is 7.55. The van der Waals surface area contributed by atoms with Gasteiger partial charge < -0.3 is 15.0 Å². The van der Waals surface area contributed by atoms with Crippen LogP contribution in [0.4, 0.5) is 5.82 Å². The summed E-state index contributed by atoms with van der Waals surface area (Å²) in [5.41, 5.74) is 0.934. The summed E-state index contributed by atoms with van der Waals surface area (Å²) in [6.07, 6.45) is 1.78. The Balaban J connectivity index is 1.55. The molecule has 1 amide bonds. The van der Waals surface area contributed by atoms with Crippen LogP contribution >= 0.6 is 11.3 Å². The molecule has 0 bridgehead atoms. The van der Waals surface area contributed by atoms with Crippen LogP contribution in [0.15, 0.2) is 30.5 Å². The Kier molecular flexibility index (Phi) is 5.22. The topological polar surface area (TPSA) is 71.5 Å². The van der Waals surface area contributed by atoms with Crippen LogP contribution < -0.4 is 10.2 Å². The van der Waals surface area contributed by atoms with E-state index in [1.165, 1.54) is 18.3 Å². The number of anilines is 1. The van der Waals surface area contributed by atoms with Gasteiger partial charge in [0.2, 0.25) is 0 Å². The number of nitrogens with zero attached hydrogens (tertiary/aromatic N) is 2. The van der Waals surface area contributed by atoms with E-state index in [0.717, 1.165) is 37.7 Å². The molecule has 3 heterocycles. The number of hydrogen-bond donors (Lipinski definition) is 1. The minimum absolute atomic E-state index is 0.0260. The molecule has 3 rings (SSSR count). The molecule has 1 aliphatic heterocycles. The first-order valence-electron chi connectivity index (χ1n) is 7.80. The maximum atomic E-state index is 12.1. The number of ketones is 1. The number of morpholine rings is 1. The predicted octanol–water partition coefficient (Wildman–Crippen LogP) is 2.11. The summed E-state index contributed by atoms with van der Waals surface area (Å²) in [4.78, 5) is 31.2. The van der Waals surface area contributed by atoms with E-state index in [1.807, 2.05) is 12.1 Å². The summed E-state index contributed by atoms with van der Waals surface area (Å²) in [5, 5.41) is 2.85. The molecule has 0 radical (unpaired) electrons. The summed E-state index contributed by atoms with van der Waals surface area (Å²) in [5.74, 6) is 0.726. The lowest BCUT2D eigenvalue weighted by Crippen LogP contribution is -2.36. The van der Waals surface area contributed by atoms with Crippen LogP contribution in [-0.4, -0.2) is 43.0 Å². The number of nitrogens with one attached hydrogen (secondary N) is 1. The van der Waals surface area contributed by atoms with Crippen molar-refractivity contribution in [2.45, 2.75) is 13.5 Å². The first-order valence-corrected chi connectivity index (χ1v) is 8.62. The van der Waals surface area contributed by atoms with Gasteiger partial charge >= 0.3 is 0 Å². The molecule has 1 N–H and O–H groups in total. The molecule has 0 spiro atoms. The maximum Gasteiger partial charge on any atom is 0.261 e. The fourth-order valence-corrected chi connectivity index (χ4v) is 3.24. The van der Waals surface area contributed by atoms with Gasteiger partial charge in [-0.2, -0.15) is 0 Å². The number of aromatic nitrogens is 1. The highest BCUT2D eigenvalue weighted by molar-refractivity contribution is 7.15. The van der Waals surface area contributed by atoms with Crippen LogP contribution in [0.5, 0.6) is 0 Å². The molecule has 1 fully saturated rings. The zero-order valence-electron chi connectivity index (χ0n) is 13.4. The SMILES string of the molecule is CC(=O)c1ccc(C(=O)NCc2ccc(N3CCOCC3)nc2)s1. The predicted molar refractivity (Wildman–Crippen MR) is 92.8 cm³/mol. The molecular weight excluding hydrogens is 326 g/mol. The number of rotatable bonds is 5. The number of hydrogen-bond acceptors (Lipinski definition) is 6. The summed E-state index contributed by atoms with van der Waals surface area (Å²) in [7, 11) is 0. The van der Waals surface area contributed by atoms with Crippen LogP contribution in [0, 0.1) is 0 Å². The third-order valence-corrected chi connectivity index (χ3v) is 4.96. The van der Waals surface area contributed by atoms with Crippen molar-refractivity contribution in [3.05, 3.63) is 45.8 Å². The Morgan fingerprint density at radius 2 is 1.96 bits per heavy atom. The summed E-state index contributed by atoms with van der Waals surface area (Å²) >= 11 is 1.21. The smallest absolute Gasteiger partial charge is 0.261 e. The first kappa shape index (κ1) is 16.6. The molecule has 0 unspecified atom stereocenters. The van der Waals surface area contributed by atoms with Crippen molar-refractivity contribution < 1.29 is 14.3 Å². The Morgan fingerprint density at radius 1 is 1.21 bits per heavy atom. The Hall–Kier alpha value is -2.25. The fraction of sp³-hybridized carbons (Fsp3) is 0.353. The van der Waals surface area contributed by atoms with Crippen molar-refractivity contribution in [2.75, 3.05) is 31.2 Å². The van der Waals surface area contributed by atoms with Crippen LogP contribution in [0.25, 0.3) is 0 Å². The second-order valence-electron chi connectivity index (χ2n) is 5.53. The fourth-order valence-electron chi connectivity index (χ4n) is 2.42. The lowest BCUT2D eigenvalue weighted by atomic mass is 10.2. The summed E-state index contributed by atoms with van der Waals surface area (Å²) in [6.45, 7) is 5.04. The van der Waals surface area contributed by atoms with E-state index in [-0.39, 0.29) is 11.7 Å². The van der Waals surface area contributed by atoms with Gasteiger partial charge in [-0.15, -0.1) is 11.3 Å². The van der Waals surface area contributed by atoms with Crippen LogP contribution in [0.1, 0.15) is 31.8 Å². The van der Waals surface area contributed by atoms with Gasteiger partial charge in [0.05, 0.1) is 23.0 Å². The molecule has 0 aromatic carbocycles. The van der Waals surface area contributed by atoms with Gasteiger partial charge in [-0.05, 0) is 30.7 Å². The van der Waals surface area contributed by atoms with Crippen molar-refractivity contribution in [3.8, 4) is 0 Å². The van der Waals surface area contributed by atoms with Gasteiger partial charge in [0.1, 0.15) is 5.82 Å². The minimum Gasteiger partial charge on any atom is -0.378 e. The quantitative estimate of drug-likeness (QED) is 0.841. The van der Waals surface area contributed by atoms with E-state index in [0.29, 0.717) is 16.3 Å². The third-order valence-electron chi connectivity index (χ3n) is 3.77. The Bertz CT molecular complexity index is 721. The number of thiophene rings is 1. The van der Waals surface area contributed by atoms with E-state index < -0.39 is 0 Å². The number of pyridine rings is 1. The van der Waals surface area contributed by atoms with Gasteiger partial charge in [0.15, 0.2) is 5.78 Å². The average Bonchev–Trinajstić information content (AvgIpc) is 3.11. The summed E-state index contributed by atoms with van der Waals surface area (Å²) < 4.78 is 5.33. The van der Waals surface area contributed by atoms with E-state index in [9.17, 15) is 9.59 Å². The van der Waals surface area contributed by atoms with Crippen LogP contribution in [0.2, 0.25) is 0 Å². The molecule has 2 aromatic rings. The van der Waals surface area contributed by atoms with Crippen molar-refractivity contribution in [1.82, 2.24) is 10.3 Å². The molecule has 0 saturated carbocycles. The lowest BCUT2D eigenvalue weighted by Gasteiger charge is -2.27. The van der Waals surface area contributed by atoms with Gasteiger partial charge in [0.25, 0.3) is 5.91 Å². The van der Waals surface area contributed by atoms with E-state index in [1.54, 1.807) is 18.3 Å². The normalized spacial score (nSPS) is 14.5. The number of carbonyl (C=O) groups excluding carboxylic acids is 2. The highest BCUT2D eigenvalue weighted by Gasteiger charge is 2.13. The first-order chi connectivity index (χ1) is 11.6. The van der Waals surface area contributed by atoms with Crippen molar-refractivity contribution >= 4 is 28.8 Å². The van der Waals surface area contributed by atoms with Gasteiger partial charge in [-0.3, -0.25) is 9.59 Å². The van der Waals surface area contributed by atoms with E-state index in [2.05, 4.69) is 15.2 Å². The molecule has 126 valence electrons. The third kappa shape index (κ3) is 3.98. The van der Waals surface area contributed by atoms with Crippen molar-refractivity contribution in [3.63, 3.8) is 0 Å². The molecule has 1 aliphatic rings. The second-order valence-corrected chi connectivity index (χ2v) is 6.61. The lowest BCUT2D eigenvalue weighted by molar-refractivity contribution is 0.0954. The molecule has 0 atom stereocenters. The summed E-state index contributed by atoms with van der Waals surface area (Å²) in [6, 6.07) is 7.29. The highest BCUT2D eigenvalue weighted by atomic mass is 32.1. The number of Topliss-reactive ketones (excluding diaryl/α,β-unsaturated/α-hetero) is 1. The Labute approximate surface area is 144 Å². The van der Waals surface area contributed by atoms with Crippen molar-refractivity contribution in [1.29, 1.82) is 0 Å². The average molecular weight is 345 g/mol. The zero-order chi connectivity index (χ0) is 16.9. The molecular formula is C17H19N3O3S. The standard InChI is InChI=1S/C17H19N3O3S/c1-12(21)14-3-4-15(24-14)17(22)19-11-13-2-5-16(18-10-13)20-6-8-23-9-7-20/h2-5,10H,6-9,11H2,1H3,(H,19,22). The van der Waals surface area contributed by atoms with Gasteiger partial charge in [-0.25, -0.2) is 4.98 Å².